The summed E-state index contributed by atoms with van der Waals surface area (Å²) >= 11 is 0. The second-order valence-corrected chi connectivity index (χ2v) is 6.64. The van der Waals surface area contributed by atoms with Gasteiger partial charge in [0.2, 0.25) is 5.76 Å². The van der Waals surface area contributed by atoms with Crippen molar-refractivity contribution in [2.75, 3.05) is 0 Å². The Hall–Kier alpha value is -1.72. The molecule has 1 unspecified atom stereocenters. The summed E-state index contributed by atoms with van der Waals surface area (Å²) in [6, 6.07) is 4.26. The molecule has 0 saturated heterocycles. The molecule has 2 aromatic rings. The summed E-state index contributed by atoms with van der Waals surface area (Å²) in [6.07, 6.45) is -3.18. The largest absolute Gasteiger partial charge is 0.456 e. The number of halogens is 3. The summed E-state index contributed by atoms with van der Waals surface area (Å²) in [5.41, 5.74) is 0.868. The number of aromatic nitrogens is 1. The van der Waals surface area contributed by atoms with E-state index < -0.39 is 11.9 Å². The molecule has 0 aromatic carbocycles. The quantitative estimate of drug-likeness (QED) is 0.705. The van der Waals surface area contributed by atoms with Gasteiger partial charge in [-0.15, -0.1) is 0 Å². The van der Waals surface area contributed by atoms with E-state index in [2.05, 4.69) is 19.0 Å². The molecule has 0 fully saturated rings. The van der Waals surface area contributed by atoms with Gasteiger partial charge in [-0.1, -0.05) is 32.9 Å². The van der Waals surface area contributed by atoms with E-state index >= 15 is 0 Å². The molecule has 1 atom stereocenters. The molecule has 0 aliphatic heterocycles. The summed E-state index contributed by atoms with van der Waals surface area (Å²) in [5.74, 6) is 0.426. The third-order valence-electron chi connectivity index (χ3n) is 3.72. The van der Waals surface area contributed by atoms with Gasteiger partial charge in [-0.3, -0.25) is 0 Å². The zero-order chi connectivity index (χ0) is 17.2. The molecule has 0 aliphatic carbocycles. The molecule has 23 heavy (non-hydrogen) atoms. The van der Waals surface area contributed by atoms with Gasteiger partial charge < -0.3 is 8.94 Å². The first-order chi connectivity index (χ1) is 10.7. The standard InChI is InChI=1S/C17H22F3NO2/c1-10(2)7-12-8-13(23-21-12)9-14(11(3)4)15-5-6-16(22-15)17(18,19)20/h5-6,8,10-11,14H,7,9H2,1-4H3. The van der Waals surface area contributed by atoms with E-state index in [4.69, 9.17) is 8.94 Å². The molecule has 2 aromatic heterocycles. The number of nitrogens with zero attached hydrogens (tertiary/aromatic N) is 1. The van der Waals surface area contributed by atoms with Gasteiger partial charge in [-0.2, -0.15) is 13.2 Å². The van der Waals surface area contributed by atoms with E-state index in [-0.39, 0.29) is 11.8 Å². The van der Waals surface area contributed by atoms with Crippen LogP contribution in [0.1, 0.15) is 56.6 Å². The van der Waals surface area contributed by atoms with E-state index in [1.54, 1.807) is 0 Å². The molecular weight excluding hydrogens is 307 g/mol. The highest BCUT2D eigenvalue weighted by Crippen LogP contribution is 2.35. The Balaban J connectivity index is 2.16. The van der Waals surface area contributed by atoms with E-state index in [1.165, 1.54) is 6.07 Å². The molecule has 0 amide bonds. The number of hydrogen-bond acceptors (Lipinski definition) is 3. The first-order valence-electron chi connectivity index (χ1n) is 7.78. The van der Waals surface area contributed by atoms with Crippen LogP contribution in [-0.4, -0.2) is 5.16 Å². The topological polar surface area (TPSA) is 39.2 Å². The number of furan rings is 1. The first kappa shape index (κ1) is 17.6. The number of alkyl halides is 3. The third-order valence-corrected chi connectivity index (χ3v) is 3.72. The summed E-state index contributed by atoms with van der Waals surface area (Å²) in [5, 5.41) is 4.02. The zero-order valence-corrected chi connectivity index (χ0v) is 13.8. The first-order valence-corrected chi connectivity index (χ1v) is 7.78. The highest BCUT2D eigenvalue weighted by atomic mass is 19.4. The predicted octanol–water partition coefficient (Wildman–Crippen LogP) is 5.47. The Kier molecular flexibility index (Phi) is 5.22. The predicted molar refractivity (Wildman–Crippen MR) is 80.0 cm³/mol. The Morgan fingerprint density at radius 1 is 1.09 bits per heavy atom. The van der Waals surface area contributed by atoms with E-state index in [0.717, 1.165) is 18.2 Å². The van der Waals surface area contributed by atoms with Crippen molar-refractivity contribution in [1.82, 2.24) is 5.16 Å². The van der Waals surface area contributed by atoms with E-state index in [9.17, 15) is 13.2 Å². The highest BCUT2D eigenvalue weighted by Gasteiger charge is 2.36. The van der Waals surface area contributed by atoms with Gasteiger partial charge in [-0.25, -0.2) is 0 Å². The van der Waals surface area contributed by atoms with Gasteiger partial charge in [0.25, 0.3) is 0 Å². The van der Waals surface area contributed by atoms with Crippen molar-refractivity contribution >= 4 is 0 Å². The van der Waals surface area contributed by atoms with Gasteiger partial charge in [-0.05, 0) is 30.4 Å². The Bertz CT molecular complexity index is 626. The van der Waals surface area contributed by atoms with Crippen molar-refractivity contribution in [2.45, 2.75) is 52.6 Å². The van der Waals surface area contributed by atoms with Gasteiger partial charge in [0.1, 0.15) is 11.5 Å². The van der Waals surface area contributed by atoms with Crippen LogP contribution in [0.2, 0.25) is 0 Å². The van der Waals surface area contributed by atoms with Crippen LogP contribution in [0.15, 0.2) is 27.1 Å². The lowest BCUT2D eigenvalue weighted by molar-refractivity contribution is -0.153. The van der Waals surface area contributed by atoms with Crippen molar-refractivity contribution in [3.63, 3.8) is 0 Å². The molecule has 0 aliphatic rings. The monoisotopic (exact) mass is 329 g/mol. The third kappa shape index (κ3) is 4.62. The van der Waals surface area contributed by atoms with Crippen LogP contribution < -0.4 is 0 Å². The van der Waals surface area contributed by atoms with Crippen molar-refractivity contribution in [2.24, 2.45) is 11.8 Å². The van der Waals surface area contributed by atoms with Crippen LogP contribution in [-0.2, 0) is 19.0 Å². The summed E-state index contributed by atoms with van der Waals surface area (Å²) in [6.45, 7) is 8.08. The Labute approximate surface area is 133 Å². The van der Waals surface area contributed by atoms with Crippen molar-refractivity contribution in [1.29, 1.82) is 0 Å². The normalized spacial score (nSPS) is 14.0. The van der Waals surface area contributed by atoms with Crippen LogP contribution in [0.5, 0.6) is 0 Å². The van der Waals surface area contributed by atoms with Crippen LogP contribution in [0, 0.1) is 11.8 Å². The molecule has 3 nitrogen and oxygen atoms in total. The zero-order valence-electron chi connectivity index (χ0n) is 13.8. The van der Waals surface area contributed by atoms with Crippen molar-refractivity contribution in [3.8, 4) is 0 Å². The minimum Gasteiger partial charge on any atom is -0.456 e. The Morgan fingerprint density at radius 3 is 2.30 bits per heavy atom. The molecule has 128 valence electrons. The minimum absolute atomic E-state index is 0.112. The maximum atomic E-state index is 12.7. The van der Waals surface area contributed by atoms with Crippen LogP contribution in [0.25, 0.3) is 0 Å². The maximum Gasteiger partial charge on any atom is 0.449 e. The lowest BCUT2D eigenvalue weighted by atomic mass is 9.89. The van der Waals surface area contributed by atoms with Crippen LogP contribution in [0.4, 0.5) is 13.2 Å². The second kappa shape index (κ2) is 6.81. The summed E-state index contributed by atoms with van der Waals surface area (Å²) in [7, 11) is 0. The van der Waals surface area contributed by atoms with E-state index in [0.29, 0.717) is 23.9 Å². The van der Waals surface area contributed by atoms with Gasteiger partial charge in [0.15, 0.2) is 0 Å². The molecule has 2 heterocycles. The molecule has 0 bridgehead atoms. The average Bonchev–Trinajstić information content (AvgIpc) is 3.03. The Morgan fingerprint density at radius 2 is 1.78 bits per heavy atom. The molecule has 2 rings (SSSR count). The summed E-state index contributed by atoms with van der Waals surface area (Å²) in [4.78, 5) is 0. The molecule has 6 heteroatoms. The fourth-order valence-corrected chi connectivity index (χ4v) is 2.55. The SMILES string of the molecule is CC(C)Cc1cc(CC(c2ccc(C(F)(F)F)o2)C(C)C)on1. The van der Waals surface area contributed by atoms with Crippen molar-refractivity contribution in [3.05, 3.63) is 41.2 Å². The van der Waals surface area contributed by atoms with Crippen molar-refractivity contribution < 1.29 is 22.1 Å². The van der Waals surface area contributed by atoms with Crippen LogP contribution >= 0.6 is 0 Å². The summed E-state index contributed by atoms with van der Waals surface area (Å²) < 4.78 is 48.4. The smallest absolute Gasteiger partial charge is 0.449 e. The van der Waals surface area contributed by atoms with E-state index in [1.807, 2.05) is 19.9 Å². The highest BCUT2D eigenvalue weighted by molar-refractivity contribution is 5.17. The molecule has 0 N–H and O–H groups in total. The van der Waals surface area contributed by atoms with Gasteiger partial charge in [0, 0.05) is 18.4 Å². The number of hydrogen-bond donors (Lipinski definition) is 0. The second-order valence-electron chi connectivity index (χ2n) is 6.64. The fraction of sp³-hybridized carbons (Fsp3) is 0.588. The maximum absolute atomic E-state index is 12.7. The molecule has 0 spiro atoms. The minimum atomic E-state index is -4.46. The van der Waals surface area contributed by atoms with Gasteiger partial charge >= 0.3 is 6.18 Å². The van der Waals surface area contributed by atoms with Gasteiger partial charge in [0.05, 0.1) is 5.69 Å². The molecule has 0 radical (unpaired) electrons. The lowest BCUT2D eigenvalue weighted by Gasteiger charge is -2.17. The molecule has 0 saturated carbocycles. The average molecular weight is 329 g/mol. The lowest BCUT2D eigenvalue weighted by Crippen LogP contribution is -2.09. The fourth-order valence-electron chi connectivity index (χ4n) is 2.55. The molecular formula is C17H22F3NO2. The number of rotatable bonds is 6. The van der Waals surface area contributed by atoms with Crippen LogP contribution in [0.3, 0.4) is 0 Å².